The van der Waals surface area contributed by atoms with E-state index in [9.17, 15) is 0 Å². The summed E-state index contributed by atoms with van der Waals surface area (Å²) in [5, 5.41) is 6.91. The van der Waals surface area contributed by atoms with Gasteiger partial charge in [0.1, 0.15) is 24.1 Å². The lowest BCUT2D eigenvalue weighted by Crippen LogP contribution is -2.48. The minimum absolute atomic E-state index is 0.0770. The van der Waals surface area contributed by atoms with E-state index < -0.39 is 0 Å². The number of rotatable bonds is 3. The first-order chi connectivity index (χ1) is 13.5. The molecule has 0 fully saturated rings. The van der Waals surface area contributed by atoms with Crippen LogP contribution in [0.2, 0.25) is 0 Å². The van der Waals surface area contributed by atoms with E-state index in [1.807, 2.05) is 42.5 Å². The number of para-hydroxylation sites is 3. The molecule has 0 amide bonds. The summed E-state index contributed by atoms with van der Waals surface area (Å²) in [5.41, 5.74) is 0.908. The highest BCUT2D eigenvalue weighted by atomic mass is 16.6. The normalized spacial score (nSPS) is 22.6. The second-order valence-corrected chi connectivity index (χ2v) is 7.75. The number of nitrogens with one attached hydrogen (secondary N) is 2. The highest BCUT2D eigenvalue weighted by Gasteiger charge is 2.34. The van der Waals surface area contributed by atoms with E-state index in [1.54, 1.807) is 7.05 Å². The van der Waals surface area contributed by atoms with Gasteiger partial charge in [0.05, 0.1) is 12.6 Å². The number of ether oxygens (including phenoxy) is 3. The van der Waals surface area contributed by atoms with Crippen molar-refractivity contribution in [3.05, 3.63) is 54.1 Å². The number of aliphatic imine (C=N–C) groups is 1. The minimum Gasteiger partial charge on any atom is -0.487 e. The van der Waals surface area contributed by atoms with Crippen molar-refractivity contribution in [2.45, 2.75) is 38.0 Å². The molecule has 2 aromatic carbocycles. The zero-order chi connectivity index (χ0) is 19.6. The molecular weight excluding hydrogens is 354 g/mol. The highest BCUT2D eigenvalue weighted by Crippen LogP contribution is 2.39. The van der Waals surface area contributed by atoms with E-state index in [0.717, 1.165) is 35.2 Å². The topological polar surface area (TPSA) is 64.1 Å². The Labute approximate surface area is 165 Å². The van der Waals surface area contributed by atoms with Crippen LogP contribution in [-0.4, -0.2) is 37.9 Å². The van der Waals surface area contributed by atoms with Crippen molar-refractivity contribution in [3.63, 3.8) is 0 Å². The average Bonchev–Trinajstić information content (AvgIpc) is 2.70. The molecule has 0 spiro atoms. The van der Waals surface area contributed by atoms with Gasteiger partial charge in [-0.05, 0) is 32.0 Å². The van der Waals surface area contributed by atoms with Crippen molar-refractivity contribution < 1.29 is 14.2 Å². The lowest BCUT2D eigenvalue weighted by Gasteiger charge is -2.38. The lowest BCUT2D eigenvalue weighted by molar-refractivity contribution is 0.0691. The maximum absolute atomic E-state index is 6.12. The molecular formula is C22H27N3O3. The van der Waals surface area contributed by atoms with E-state index in [1.165, 1.54) is 0 Å². The summed E-state index contributed by atoms with van der Waals surface area (Å²) in [6.45, 7) is 5.33. The molecule has 2 aromatic rings. The Morgan fingerprint density at radius 3 is 2.57 bits per heavy atom. The second-order valence-electron chi connectivity index (χ2n) is 7.75. The number of fused-ring (bicyclic) bond motifs is 2. The Bertz CT molecular complexity index is 866. The van der Waals surface area contributed by atoms with Crippen LogP contribution < -0.4 is 24.8 Å². The number of nitrogens with zero attached hydrogens (tertiary/aromatic N) is 1. The van der Waals surface area contributed by atoms with Gasteiger partial charge in [-0.25, -0.2) is 0 Å². The molecule has 0 aliphatic carbocycles. The fourth-order valence-corrected chi connectivity index (χ4v) is 3.66. The first-order valence-corrected chi connectivity index (χ1v) is 9.68. The summed E-state index contributed by atoms with van der Waals surface area (Å²) < 4.78 is 17.9. The van der Waals surface area contributed by atoms with Gasteiger partial charge in [-0.15, -0.1) is 0 Å². The monoisotopic (exact) mass is 381 g/mol. The maximum Gasteiger partial charge on any atom is 0.191 e. The van der Waals surface area contributed by atoms with Crippen molar-refractivity contribution in [2.24, 2.45) is 4.99 Å². The molecule has 6 nitrogen and oxygen atoms in total. The Kier molecular flexibility index (Phi) is 5.03. The molecule has 2 unspecified atom stereocenters. The predicted octanol–water partition coefficient (Wildman–Crippen LogP) is 3.29. The van der Waals surface area contributed by atoms with Gasteiger partial charge in [0.15, 0.2) is 17.5 Å². The van der Waals surface area contributed by atoms with Crippen molar-refractivity contribution in [2.75, 3.05) is 20.2 Å². The van der Waals surface area contributed by atoms with Crippen LogP contribution in [0, 0.1) is 0 Å². The van der Waals surface area contributed by atoms with Crippen molar-refractivity contribution >= 4 is 5.96 Å². The quantitative estimate of drug-likeness (QED) is 0.631. The molecule has 0 radical (unpaired) electrons. The molecule has 2 N–H and O–H groups in total. The van der Waals surface area contributed by atoms with Crippen LogP contribution in [0.4, 0.5) is 0 Å². The molecule has 4 rings (SSSR count). The standard InChI is InChI=1S/C22H27N3O3/c1-22(2)12-17(16-8-4-5-9-18(16)28-22)25-21(23-3)24-13-15-14-26-19-10-6-7-11-20(19)27-15/h4-11,15,17H,12-14H2,1-3H3,(H2,23,24,25). The zero-order valence-electron chi connectivity index (χ0n) is 16.6. The third-order valence-corrected chi connectivity index (χ3v) is 4.98. The molecule has 2 heterocycles. The van der Waals surface area contributed by atoms with Crippen LogP contribution in [0.5, 0.6) is 17.2 Å². The van der Waals surface area contributed by atoms with E-state index >= 15 is 0 Å². The fourth-order valence-electron chi connectivity index (χ4n) is 3.66. The molecule has 6 heteroatoms. The van der Waals surface area contributed by atoms with E-state index in [0.29, 0.717) is 13.2 Å². The third kappa shape index (κ3) is 4.01. The van der Waals surface area contributed by atoms with Crippen molar-refractivity contribution in [1.82, 2.24) is 10.6 Å². The van der Waals surface area contributed by atoms with Gasteiger partial charge in [-0.3, -0.25) is 4.99 Å². The number of hydrogen-bond acceptors (Lipinski definition) is 4. The highest BCUT2D eigenvalue weighted by molar-refractivity contribution is 5.80. The lowest BCUT2D eigenvalue weighted by atomic mass is 9.90. The number of hydrogen-bond donors (Lipinski definition) is 2. The first kappa shape index (κ1) is 18.5. The molecule has 28 heavy (non-hydrogen) atoms. The minimum atomic E-state index is -0.241. The molecule has 2 aliphatic rings. The van der Waals surface area contributed by atoms with Gasteiger partial charge < -0.3 is 24.8 Å². The average molecular weight is 381 g/mol. The van der Waals surface area contributed by atoms with E-state index in [2.05, 4.69) is 35.5 Å². The third-order valence-electron chi connectivity index (χ3n) is 4.98. The van der Waals surface area contributed by atoms with Gasteiger partial charge in [0.25, 0.3) is 0 Å². The molecule has 0 aromatic heterocycles. The number of benzene rings is 2. The van der Waals surface area contributed by atoms with Crippen LogP contribution in [0.15, 0.2) is 53.5 Å². The van der Waals surface area contributed by atoms with Gasteiger partial charge in [0, 0.05) is 19.0 Å². The Hall–Kier alpha value is -2.89. The summed E-state index contributed by atoms with van der Waals surface area (Å²) in [6.07, 6.45) is 0.771. The largest absolute Gasteiger partial charge is 0.487 e. The fraction of sp³-hybridized carbons (Fsp3) is 0.409. The predicted molar refractivity (Wildman–Crippen MR) is 109 cm³/mol. The molecule has 0 saturated heterocycles. The summed E-state index contributed by atoms with van der Waals surface area (Å²) in [5.74, 6) is 3.23. The summed E-state index contributed by atoms with van der Waals surface area (Å²) in [4.78, 5) is 4.39. The van der Waals surface area contributed by atoms with Crippen LogP contribution >= 0.6 is 0 Å². The van der Waals surface area contributed by atoms with Gasteiger partial charge >= 0.3 is 0 Å². The number of guanidine groups is 1. The van der Waals surface area contributed by atoms with Crippen molar-refractivity contribution in [3.8, 4) is 17.2 Å². The Balaban J connectivity index is 1.39. The second kappa shape index (κ2) is 7.62. The SMILES string of the molecule is CN=C(NCC1COc2ccccc2O1)NC1CC(C)(C)Oc2ccccc21. The molecule has 2 aliphatic heterocycles. The molecule has 0 bridgehead atoms. The van der Waals surface area contributed by atoms with Gasteiger partial charge in [0.2, 0.25) is 0 Å². The molecule has 148 valence electrons. The van der Waals surface area contributed by atoms with E-state index in [-0.39, 0.29) is 17.7 Å². The van der Waals surface area contributed by atoms with Gasteiger partial charge in [-0.2, -0.15) is 0 Å². The summed E-state index contributed by atoms with van der Waals surface area (Å²) in [6, 6.07) is 16.0. The van der Waals surface area contributed by atoms with Crippen LogP contribution in [0.1, 0.15) is 31.9 Å². The zero-order valence-corrected chi connectivity index (χ0v) is 16.6. The first-order valence-electron chi connectivity index (χ1n) is 9.68. The Morgan fingerprint density at radius 1 is 1.07 bits per heavy atom. The molecule has 2 atom stereocenters. The molecule has 0 saturated carbocycles. The van der Waals surface area contributed by atoms with Crippen LogP contribution in [0.3, 0.4) is 0 Å². The maximum atomic E-state index is 6.12. The van der Waals surface area contributed by atoms with Crippen LogP contribution in [0.25, 0.3) is 0 Å². The summed E-state index contributed by atoms with van der Waals surface area (Å²) in [7, 11) is 1.78. The smallest absolute Gasteiger partial charge is 0.191 e. The van der Waals surface area contributed by atoms with Gasteiger partial charge in [-0.1, -0.05) is 30.3 Å². The van der Waals surface area contributed by atoms with Crippen LogP contribution in [-0.2, 0) is 0 Å². The Morgan fingerprint density at radius 2 is 1.79 bits per heavy atom. The van der Waals surface area contributed by atoms with E-state index in [4.69, 9.17) is 14.2 Å². The van der Waals surface area contributed by atoms with Crippen molar-refractivity contribution in [1.29, 1.82) is 0 Å². The summed E-state index contributed by atoms with van der Waals surface area (Å²) >= 11 is 0.